The first kappa shape index (κ1) is 60.5. The number of carbonyl (C=O) groups is 3. The van der Waals surface area contributed by atoms with E-state index in [1.54, 1.807) is 38.0 Å². The molecule has 18 nitrogen and oxygen atoms in total. The predicted molar refractivity (Wildman–Crippen MR) is 252 cm³/mol. The molecular formula is C43H52Cl4F3N4O14P. The third kappa shape index (κ3) is 19.9. The number of rotatable bonds is 17. The molecule has 1 aromatic heterocycles. The first-order valence-corrected chi connectivity index (χ1v) is 24.1. The molecular weight excluding hydrogens is 1030 g/mol. The van der Waals surface area contributed by atoms with Crippen LogP contribution in [0.15, 0.2) is 77.4 Å². The van der Waals surface area contributed by atoms with Gasteiger partial charge in [-0.3, -0.25) is 39.3 Å². The summed E-state index contributed by atoms with van der Waals surface area (Å²) in [6.45, 7) is 12.2. The lowest BCUT2D eigenvalue weighted by Crippen LogP contribution is -2.45. The number of aryl methyl sites for hydroxylation is 2. The number of carboxylic acids is 1. The number of carbonyl (C=O) groups excluding carboxylic acids is 2. The molecule has 1 saturated heterocycles. The van der Waals surface area contributed by atoms with Crippen LogP contribution < -0.4 is 19.7 Å². The maximum Gasteiger partial charge on any atom is 0.416 e. The summed E-state index contributed by atoms with van der Waals surface area (Å²) in [5.74, 6) is -0.858. The predicted octanol–water partition coefficient (Wildman–Crippen LogP) is 10.1. The number of furan rings is 1. The van der Waals surface area contributed by atoms with Gasteiger partial charge in [0.1, 0.15) is 41.7 Å². The van der Waals surface area contributed by atoms with Gasteiger partial charge < -0.3 is 43.2 Å². The Kier molecular flexibility index (Phi) is 24.7. The van der Waals surface area contributed by atoms with Crippen LogP contribution >= 0.6 is 54.0 Å². The van der Waals surface area contributed by atoms with Crippen LogP contribution in [0.25, 0.3) is 0 Å². The third-order valence-corrected chi connectivity index (χ3v) is 10.6. The number of aliphatic carboxylic acids is 1. The zero-order chi connectivity index (χ0) is 52.3. The molecule has 0 bridgehead atoms. The summed E-state index contributed by atoms with van der Waals surface area (Å²) in [7, 11) is -4.10. The summed E-state index contributed by atoms with van der Waals surface area (Å²) in [5, 5.41) is 20.7. The van der Waals surface area contributed by atoms with Crippen molar-refractivity contribution in [1.29, 1.82) is 0 Å². The van der Waals surface area contributed by atoms with Crippen LogP contribution in [0.2, 0.25) is 5.02 Å². The zero-order valence-corrected chi connectivity index (χ0v) is 41.9. The van der Waals surface area contributed by atoms with E-state index in [0.717, 1.165) is 41.4 Å². The smallest absolute Gasteiger partial charge is 0.416 e. The van der Waals surface area contributed by atoms with Crippen LogP contribution in [0.3, 0.4) is 0 Å². The van der Waals surface area contributed by atoms with Gasteiger partial charge in [0.05, 0.1) is 53.4 Å². The minimum Gasteiger partial charge on any atom is -0.487 e. The number of nitro benzene ring substituents is 1. The Morgan fingerprint density at radius 1 is 1.04 bits per heavy atom. The number of hydrogen-bond acceptors (Lipinski definition) is 12. The Morgan fingerprint density at radius 3 is 2.23 bits per heavy atom. The number of carboxylic acid groups (broad SMARTS) is 1. The van der Waals surface area contributed by atoms with Crippen LogP contribution in [0.4, 0.5) is 24.5 Å². The highest BCUT2D eigenvalue weighted by Gasteiger charge is 2.45. The minimum absolute atomic E-state index is 0.0111. The van der Waals surface area contributed by atoms with Crippen molar-refractivity contribution in [2.45, 2.75) is 70.8 Å². The average molecular weight is 1080 g/mol. The highest BCUT2D eigenvalue weighted by molar-refractivity contribution is 7.51. The van der Waals surface area contributed by atoms with E-state index in [1.165, 1.54) is 23.1 Å². The number of nitro groups is 1. The van der Waals surface area contributed by atoms with Crippen LogP contribution in [-0.4, -0.2) is 98.3 Å². The van der Waals surface area contributed by atoms with Gasteiger partial charge in [-0.25, -0.2) is 0 Å². The summed E-state index contributed by atoms with van der Waals surface area (Å²) >= 11 is 22.7. The number of nitrogens with one attached hydrogen (secondary N) is 1. The molecule has 0 spiro atoms. The van der Waals surface area contributed by atoms with E-state index in [0.29, 0.717) is 18.9 Å². The maximum atomic E-state index is 12.6. The molecule has 1 aliphatic heterocycles. The van der Waals surface area contributed by atoms with Crippen molar-refractivity contribution in [3.05, 3.63) is 111 Å². The summed E-state index contributed by atoms with van der Waals surface area (Å²) in [5.41, 5.74) is 1.23. The maximum absolute atomic E-state index is 12.6. The molecule has 26 heteroatoms. The van der Waals surface area contributed by atoms with E-state index in [4.69, 9.17) is 84.7 Å². The Labute approximate surface area is 415 Å². The van der Waals surface area contributed by atoms with Crippen molar-refractivity contribution in [3.8, 4) is 17.2 Å². The third-order valence-electron chi connectivity index (χ3n) is 9.06. The minimum atomic E-state index is -4.52. The molecule has 2 heterocycles. The number of amides is 2. The molecule has 4 aromatic rings. The lowest BCUT2D eigenvalue weighted by atomic mass is 10.0. The summed E-state index contributed by atoms with van der Waals surface area (Å²) in [6.07, 6.45) is -2.95. The fraction of sp³-hybridized carbons (Fsp3) is 0.419. The fourth-order valence-corrected chi connectivity index (χ4v) is 7.01. The van der Waals surface area contributed by atoms with Gasteiger partial charge in [-0.1, -0.05) is 59.9 Å². The van der Waals surface area contributed by atoms with Gasteiger partial charge in [-0.15, -0.1) is 11.6 Å². The van der Waals surface area contributed by atoms with Crippen LogP contribution in [0.5, 0.6) is 17.2 Å². The molecule has 1 aliphatic rings. The summed E-state index contributed by atoms with van der Waals surface area (Å²) in [4.78, 5) is 62.3. The van der Waals surface area contributed by atoms with Crippen LogP contribution in [0, 0.1) is 17.0 Å². The number of anilines is 1. The number of halogens is 7. The zero-order valence-electron chi connectivity index (χ0n) is 38.0. The summed E-state index contributed by atoms with van der Waals surface area (Å²) in [6, 6.07) is 16.0. The number of ether oxygens (including phenoxy) is 4. The highest BCUT2D eigenvalue weighted by atomic mass is 35.5. The quantitative estimate of drug-likeness (QED) is 0.0253. The van der Waals surface area contributed by atoms with Gasteiger partial charge in [-0.05, 0) is 88.6 Å². The molecule has 0 saturated carbocycles. The van der Waals surface area contributed by atoms with E-state index in [-0.39, 0.29) is 65.1 Å². The second-order valence-corrected chi connectivity index (χ2v) is 18.0. The number of nitrogens with zero attached hydrogens (tertiary/aromatic N) is 3. The van der Waals surface area contributed by atoms with Crippen molar-refractivity contribution in [3.63, 3.8) is 0 Å². The number of alkyl halides is 6. The number of benzene rings is 3. The van der Waals surface area contributed by atoms with Crippen molar-refractivity contribution < 1.29 is 75.3 Å². The van der Waals surface area contributed by atoms with Crippen LogP contribution in [0.1, 0.15) is 63.2 Å². The van der Waals surface area contributed by atoms with Crippen molar-refractivity contribution in [1.82, 2.24) is 10.2 Å². The van der Waals surface area contributed by atoms with E-state index >= 15 is 0 Å². The van der Waals surface area contributed by atoms with E-state index in [1.807, 2.05) is 38.1 Å². The van der Waals surface area contributed by atoms with Gasteiger partial charge in [0.25, 0.3) is 5.91 Å². The molecule has 0 radical (unpaired) electrons. The SMILES string of the molecule is CC1(C)OC(c2ccco2)CN1C(=O)C(Cl)Cl.CCOCN(C(=O)CCl)c1c(C)cccc1CC.CCOc1cc(Oc2ccc(C(F)(F)F)cc2Cl)ccc1[N+](=O)[O-].O=C(O)CNCP(=O)(O)O. The van der Waals surface area contributed by atoms with Crippen molar-refractivity contribution >= 4 is 83.2 Å². The molecule has 0 aliphatic carbocycles. The normalized spacial score (nSPS) is 14.0. The fourth-order valence-electron chi connectivity index (χ4n) is 6.01. The molecule has 382 valence electrons. The standard InChI is InChI=1S/C15H11ClF3NO4.C14H20ClNO2.C11H13Cl2NO3.C3H8NO5P/c1-2-23-14-8-10(4-5-12(14)20(21)22)24-13-6-3-9(7-11(13)16)15(17,18)19;1-4-12-8-6-7-11(3)14(12)16(10-18-5-2)13(17)9-15;1-11(2)14(10(15)9(12)13)6-8(17-11)7-4-3-5-16-7;5-3(6)1-4-2-10(7,8)9/h3-8H,2H2,1H3;6-8H,4-5,9-10H2,1-3H3;3-5,8-9H,6H2,1-2H3;4H,1-2H2,(H,5,6)(H2,7,8,9). The second kappa shape index (κ2) is 28.2. The molecule has 69 heavy (non-hydrogen) atoms. The van der Waals surface area contributed by atoms with E-state index < -0.39 is 53.6 Å². The van der Waals surface area contributed by atoms with E-state index in [9.17, 15) is 42.2 Å². The van der Waals surface area contributed by atoms with Gasteiger partial charge >= 0.3 is 25.4 Å². The second-order valence-electron chi connectivity index (χ2n) is 14.5. The molecule has 4 N–H and O–H groups in total. The number of hydrogen-bond donors (Lipinski definition) is 4. The topological polar surface area (TPSA) is 241 Å². The average Bonchev–Trinajstić information content (AvgIpc) is 3.92. The molecule has 1 atom stereocenters. The molecule has 3 aromatic carbocycles. The Morgan fingerprint density at radius 2 is 1.72 bits per heavy atom. The molecule has 2 amide bonds. The van der Waals surface area contributed by atoms with Gasteiger partial charge in [0, 0.05) is 18.7 Å². The number of para-hydroxylation sites is 1. The van der Waals surface area contributed by atoms with Gasteiger partial charge in [-0.2, -0.15) is 13.2 Å². The van der Waals surface area contributed by atoms with Crippen molar-refractivity contribution in [2.24, 2.45) is 0 Å². The van der Waals surface area contributed by atoms with Gasteiger partial charge in [0.2, 0.25) is 11.7 Å². The molecule has 1 fully saturated rings. The Balaban J connectivity index is 0.000000328. The highest BCUT2D eigenvalue weighted by Crippen LogP contribution is 2.39. The largest absolute Gasteiger partial charge is 0.487 e. The lowest BCUT2D eigenvalue weighted by molar-refractivity contribution is -0.385. The Hall–Kier alpha value is -4.67. The Bertz CT molecular complexity index is 2360. The van der Waals surface area contributed by atoms with Crippen molar-refractivity contribution in [2.75, 3.05) is 50.1 Å². The van der Waals surface area contributed by atoms with Crippen LogP contribution in [-0.2, 0) is 41.0 Å². The lowest BCUT2D eigenvalue weighted by Gasteiger charge is -2.29. The van der Waals surface area contributed by atoms with E-state index in [2.05, 4.69) is 12.2 Å². The molecule has 5 rings (SSSR count). The summed E-state index contributed by atoms with van der Waals surface area (Å²) < 4.78 is 74.8. The molecule has 1 unspecified atom stereocenters. The van der Waals surface area contributed by atoms with Gasteiger partial charge in [0.15, 0.2) is 4.84 Å². The monoisotopic (exact) mass is 1080 g/mol. The first-order valence-electron chi connectivity index (χ1n) is 20.5. The first-order chi connectivity index (χ1) is 32.2.